The lowest BCUT2D eigenvalue weighted by Gasteiger charge is -2.35. The number of benzene rings is 2. The number of hydrogen-bond acceptors (Lipinski definition) is 3. The van der Waals surface area contributed by atoms with Gasteiger partial charge in [0.25, 0.3) is 0 Å². The summed E-state index contributed by atoms with van der Waals surface area (Å²) in [6.45, 7) is 2.02. The first kappa shape index (κ1) is 18.0. The minimum absolute atomic E-state index is 0.142. The van der Waals surface area contributed by atoms with Crippen LogP contribution in [0.15, 0.2) is 51.8 Å². The molecule has 1 aliphatic heterocycles. The van der Waals surface area contributed by atoms with Crippen molar-refractivity contribution in [1.29, 1.82) is 0 Å². The third kappa shape index (κ3) is 3.73. The first-order valence-electron chi connectivity index (χ1n) is 7.33. The average Bonchev–Trinajstić information content (AvgIpc) is 2.54. The van der Waals surface area contributed by atoms with E-state index in [4.69, 9.17) is 23.2 Å². The van der Waals surface area contributed by atoms with Crippen LogP contribution in [0.3, 0.4) is 0 Å². The first-order valence-corrected chi connectivity index (χ1v) is 10.3. The molecule has 24 heavy (non-hydrogen) atoms. The van der Waals surface area contributed by atoms with Crippen molar-refractivity contribution >= 4 is 54.8 Å². The largest absolute Gasteiger partial charge is 0.369 e. The highest BCUT2D eigenvalue weighted by atomic mass is 79.9. The fourth-order valence-electron chi connectivity index (χ4n) is 2.68. The van der Waals surface area contributed by atoms with Gasteiger partial charge in [0.2, 0.25) is 10.0 Å². The predicted molar refractivity (Wildman–Crippen MR) is 102 cm³/mol. The molecule has 2 aromatic carbocycles. The van der Waals surface area contributed by atoms with Crippen LogP contribution in [-0.4, -0.2) is 38.9 Å². The van der Waals surface area contributed by atoms with Crippen molar-refractivity contribution < 1.29 is 8.42 Å². The van der Waals surface area contributed by atoms with E-state index in [-0.39, 0.29) is 9.92 Å². The summed E-state index contributed by atoms with van der Waals surface area (Å²) in [4.78, 5) is 2.27. The molecule has 0 N–H and O–H groups in total. The van der Waals surface area contributed by atoms with Crippen molar-refractivity contribution in [3.05, 3.63) is 57.0 Å². The van der Waals surface area contributed by atoms with Gasteiger partial charge >= 0.3 is 0 Å². The maximum atomic E-state index is 12.8. The Balaban J connectivity index is 1.76. The summed E-state index contributed by atoms with van der Waals surface area (Å²) < 4.78 is 27.8. The van der Waals surface area contributed by atoms with Crippen LogP contribution in [0.5, 0.6) is 0 Å². The molecule has 0 spiro atoms. The summed E-state index contributed by atoms with van der Waals surface area (Å²) in [5.41, 5.74) is 1.00. The van der Waals surface area contributed by atoms with Crippen LogP contribution in [0.25, 0.3) is 0 Å². The van der Waals surface area contributed by atoms with E-state index in [1.165, 1.54) is 10.4 Å². The summed E-state index contributed by atoms with van der Waals surface area (Å²) in [5.74, 6) is 0. The SMILES string of the molecule is O=S(=O)(c1ccc(Br)cc1Cl)N1CCN(c2cccc(Cl)c2)CC1. The molecule has 0 unspecified atom stereocenters. The molecule has 8 heteroatoms. The Morgan fingerprint density at radius 3 is 2.29 bits per heavy atom. The van der Waals surface area contributed by atoms with Gasteiger partial charge in [-0.25, -0.2) is 8.42 Å². The number of hydrogen-bond donors (Lipinski definition) is 0. The number of rotatable bonds is 3. The predicted octanol–water partition coefficient (Wildman–Crippen LogP) is 4.27. The van der Waals surface area contributed by atoms with Crippen molar-refractivity contribution in [3.63, 3.8) is 0 Å². The lowest BCUT2D eigenvalue weighted by molar-refractivity contribution is 0.385. The first-order chi connectivity index (χ1) is 11.4. The van der Waals surface area contributed by atoms with Crippen LogP contribution >= 0.6 is 39.1 Å². The lowest BCUT2D eigenvalue weighted by atomic mass is 10.2. The fourth-order valence-corrected chi connectivity index (χ4v) is 5.30. The molecular formula is C16H15BrCl2N2O2S. The minimum Gasteiger partial charge on any atom is -0.369 e. The Bertz CT molecular complexity index is 853. The highest BCUT2D eigenvalue weighted by Gasteiger charge is 2.30. The molecule has 1 aliphatic rings. The number of piperazine rings is 1. The van der Waals surface area contributed by atoms with Gasteiger partial charge in [-0.2, -0.15) is 4.31 Å². The van der Waals surface area contributed by atoms with Gasteiger partial charge in [-0.1, -0.05) is 45.2 Å². The minimum atomic E-state index is -3.60. The van der Waals surface area contributed by atoms with E-state index >= 15 is 0 Å². The summed E-state index contributed by atoms with van der Waals surface area (Å²) in [5, 5.41) is 0.894. The van der Waals surface area contributed by atoms with Crippen LogP contribution in [0.4, 0.5) is 5.69 Å². The van der Waals surface area contributed by atoms with Crippen LogP contribution in [0, 0.1) is 0 Å². The van der Waals surface area contributed by atoms with E-state index in [2.05, 4.69) is 20.8 Å². The standard InChI is InChI=1S/C16H15BrCl2N2O2S/c17-12-4-5-16(15(19)10-12)24(22,23)21-8-6-20(7-9-21)14-3-1-2-13(18)11-14/h1-5,10-11H,6-9H2. The zero-order valence-corrected chi connectivity index (χ0v) is 16.5. The summed E-state index contributed by atoms with van der Waals surface area (Å²) in [6.07, 6.45) is 0. The van der Waals surface area contributed by atoms with E-state index < -0.39 is 10.0 Å². The highest BCUT2D eigenvalue weighted by molar-refractivity contribution is 9.10. The van der Waals surface area contributed by atoms with Gasteiger partial charge in [0.05, 0.1) is 5.02 Å². The van der Waals surface area contributed by atoms with Crippen LogP contribution in [0.1, 0.15) is 0 Å². The second-order valence-corrected chi connectivity index (χ2v) is 9.11. The number of anilines is 1. The van der Waals surface area contributed by atoms with Gasteiger partial charge in [-0.15, -0.1) is 0 Å². The number of halogens is 3. The zero-order chi connectivity index (χ0) is 17.3. The van der Waals surface area contributed by atoms with E-state index in [0.717, 1.165) is 10.2 Å². The van der Waals surface area contributed by atoms with Crippen LogP contribution in [0.2, 0.25) is 10.0 Å². The quantitative estimate of drug-likeness (QED) is 0.702. The molecule has 0 atom stereocenters. The molecule has 1 fully saturated rings. The average molecular weight is 450 g/mol. The van der Waals surface area contributed by atoms with Gasteiger partial charge in [0.15, 0.2) is 0 Å². The zero-order valence-electron chi connectivity index (χ0n) is 12.6. The van der Waals surface area contributed by atoms with Gasteiger partial charge in [0, 0.05) is 41.4 Å². The van der Waals surface area contributed by atoms with E-state index in [1.54, 1.807) is 12.1 Å². The molecule has 1 heterocycles. The van der Waals surface area contributed by atoms with E-state index in [1.807, 2.05) is 24.3 Å². The summed E-state index contributed by atoms with van der Waals surface area (Å²) >= 11 is 15.4. The maximum absolute atomic E-state index is 12.8. The Kier molecular flexibility index (Phi) is 5.42. The third-order valence-corrected chi connectivity index (χ3v) is 7.03. The molecule has 1 saturated heterocycles. The molecule has 0 aromatic heterocycles. The molecule has 0 bridgehead atoms. The van der Waals surface area contributed by atoms with Crippen molar-refractivity contribution in [3.8, 4) is 0 Å². The second-order valence-electron chi connectivity index (χ2n) is 5.45. The maximum Gasteiger partial charge on any atom is 0.244 e. The number of sulfonamides is 1. The molecule has 0 saturated carbocycles. The third-order valence-electron chi connectivity index (χ3n) is 3.92. The van der Waals surface area contributed by atoms with Gasteiger partial charge in [-0.3, -0.25) is 0 Å². The van der Waals surface area contributed by atoms with Crippen LogP contribution in [-0.2, 0) is 10.0 Å². The van der Waals surface area contributed by atoms with E-state index in [9.17, 15) is 8.42 Å². The van der Waals surface area contributed by atoms with E-state index in [0.29, 0.717) is 31.2 Å². The molecular weight excluding hydrogens is 435 g/mol. The number of nitrogens with zero attached hydrogens (tertiary/aromatic N) is 2. The molecule has 0 amide bonds. The Labute approximate surface area is 160 Å². The topological polar surface area (TPSA) is 40.6 Å². The fraction of sp³-hybridized carbons (Fsp3) is 0.250. The second kappa shape index (κ2) is 7.22. The highest BCUT2D eigenvalue weighted by Crippen LogP contribution is 2.29. The summed E-state index contributed by atoms with van der Waals surface area (Å²) in [6, 6.07) is 12.4. The molecule has 3 rings (SSSR count). The summed E-state index contributed by atoms with van der Waals surface area (Å²) in [7, 11) is -3.60. The molecule has 2 aromatic rings. The van der Waals surface area contributed by atoms with Crippen molar-refractivity contribution in [2.24, 2.45) is 0 Å². The Morgan fingerprint density at radius 1 is 0.958 bits per heavy atom. The Morgan fingerprint density at radius 2 is 1.67 bits per heavy atom. The molecule has 128 valence electrons. The van der Waals surface area contributed by atoms with Gasteiger partial charge in [-0.05, 0) is 36.4 Å². The van der Waals surface area contributed by atoms with Gasteiger partial charge in [0.1, 0.15) is 4.90 Å². The molecule has 0 aliphatic carbocycles. The van der Waals surface area contributed by atoms with Crippen LogP contribution < -0.4 is 4.90 Å². The molecule has 4 nitrogen and oxygen atoms in total. The Hall–Kier alpha value is -0.790. The normalized spacial score (nSPS) is 16.4. The van der Waals surface area contributed by atoms with Crippen molar-refractivity contribution in [1.82, 2.24) is 4.31 Å². The van der Waals surface area contributed by atoms with Crippen molar-refractivity contribution in [2.45, 2.75) is 4.90 Å². The molecule has 0 radical (unpaired) electrons. The monoisotopic (exact) mass is 448 g/mol. The lowest BCUT2D eigenvalue weighted by Crippen LogP contribution is -2.48. The smallest absolute Gasteiger partial charge is 0.244 e. The van der Waals surface area contributed by atoms with Crippen molar-refractivity contribution in [2.75, 3.05) is 31.1 Å². The van der Waals surface area contributed by atoms with Gasteiger partial charge < -0.3 is 4.90 Å².